The van der Waals surface area contributed by atoms with Crippen molar-refractivity contribution in [3.63, 3.8) is 0 Å². The van der Waals surface area contributed by atoms with Crippen molar-refractivity contribution in [3.8, 4) is 0 Å². The van der Waals surface area contributed by atoms with Gasteiger partial charge < -0.3 is 5.32 Å². The zero-order chi connectivity index (χ0) is 14.4. The van der Waals surface area contributed by atoms with Crippen LogP contribution in [0.3, 0.4) is 0 Å². The molecule has 112 valence electrons. The van der Waals surface area contributed by atoms with Gasteiger partial charge in [0.1, 0.15) is 0 Å². The Kier molecular flexibility index (Phi) is 6.34. The summed E-state index contributed by atoms with van der Waals surface area (Å²) in [6.07, 6.45) is 5.38. The molecule has 1 aromatic rings. The van der Waals surface area contributed by atoms with Crippen molar-refractivity contribution in [1.82, 2.24) is 10.2 Å². The summed E-state index contributed by atoms with van der Waals surface area (Å²) in [7, 11) is 2.22. The molecule has 1 fully saturated rings. The number of rotatable bonds is 6. The predicted octanol–water partition coefficient (Wildman–Crippen LogP) is 4.11. The molecular weight excluding hydrogens is 268 g/mol. The molecule has 0 saturated carbocycles. The Balaban J connectivity index is 1.74. The van der Waals surface area contributed by atoms with Crippen LogP contribution in [0.5, 0.6) is 0 Å². The average Bonchev–Trinajstić information content (AvgIpc) is 2.47. The standard InChI is InChI=1S/C17H27ClN2/c1-14(16-6-3-7-17(18)13-16)20(2)12-4-5-15-8-10-19-11-9-15/h3,6-7,13-15,19H,4-5,8-12H2,1-2H3. The van der Waals surface area contributed by atoms with E-state index in [1.165, 1.54) is 44.3 Å². The lowest BCUT2D eigenvalue weighted by Gasteiger charge is -2.27. The van der Waals surface area contributed by atoms with E-state index < -0.39 is 0 Å². The first-order valence-electron chi connectivity index (χ1n) is 7.83. The quantitative estimate of drug-likeness (QED) is 0.849. The van der Waals surface area contributed by atoms with Crippen molar-refractivity contribution in [1.29, 1.82) is 0 Å². The Bertz CT molecular complexity index is 402. The lowest BCUT2D eigenvalue weighted by Crippen LogP contribution is -2.29. The van der Waals surface area contributed by atoms with Crippen molar-refractivity contribution < 1.29 is 0 Å². The summed E-state index contributed by atoms with van der Waals surface area (Å²) in [5.74, 6) is 0.936. The SMILES string of the molecule is CC(c1cccc(Cl)c1)N(C)CCCC1CCNCC1. The van der Waals surface area contributed by atoms with Crippen molar-refractivity contribution in [2.75, 3.05) is 26.7 Å². The van der Waals surface area contributed by atoms with Gasteiger partial charge in [-0.05, 0) is 82.9 Å². The number of nitrogens with zero attached hydrogens (tertiary/aromatic N) is 1. The molecule has 0 radical (unpaired) electrons. The third-order valence-electron chi connectivity index (χ3n) is 4.57. The fourth-order valence-electron chi connectivity index (χ4n) is 3.01. The fourth-order valence-corrected chi connectivity index (χ4v) is 3.21. The van der Waals surface area contributed by atoms with Gasteiger partial charge in [-0.15, -0.1) is 0 Å². The molecule has 0 aliphatic carbocycles. The number of hydrogen-bond donors (Lipinski definition) is 1. The van der Waals surface area contributed by atoms with Gasteiger partial charge in [0.05, 0.1) is 0 Å². The van der Waals surface area contributed by atoms with Crippen LogP contribution in [-0.4, -0.2) is 31.6 Å². The van der Waals surface area contributed by atoms with Crippen LogP contribution < -0.4 is 5.32 Å². The van der Waals surface area contributed by atoms with E-state index in [1.54, 1.807) is 0 Å². The second kappa shape index (κ2) is 8.02. The van der Waals surface area contributed by atoms with Crippen LogP contribution in [0.4, 0.5) is 0 Å². The molecule has 1 unspecified atom stereocenters. The van der Waals surface area contributed by atoms with E-state index in [4.69, 9.17) is 11.6 Å². The topological polar surface area (TPSA) is 15.3 Å². The van der Waals surface area contributed by atoms with E-state index in [-0.39, 0.29) is 0 Å². The van der Waals surface area contributed by atoms with Gasteiger partial charge in [0.15, 0.2) is 0 Å². The predicted molar refractivity (Wildman–Crippen MR) is 87.3 cm³/mol. The van der Waals surface area contributed by atoms with Crippen LogP contribution in [0.15, 0.2) is 24.3 Å². The van der Waals surface area contributed by atoms with Crippen LogP contribution >= 0.6 is 11.6 Å². The van der Waals surface area contributed by atoms with Crippen LogP contribution in [-0.2, 0) is 0 Å². The minimum atomic E-state index is 0.432. The van der Waals surface area contributed by atoms with E-state index in [0.717, 1.165) is 17.5 Å². The second-order valence-corrected chi connectivity index (χ2v) is 6.48. The maximum Gasteiger partial charge on any atom is 0.0409 e. The van der Waals surface area contributed by atoms with E-state index in [9.17, 15) is 0 Å². The van der Waals surface area contributed by atoms with E-state index in [1.807, 2.05) is 12.1 Å². The maximum atomic E-state index is 6.08. The number of piperidine rings is 1. The van der Waals surface area contributed by atoms with Crippen LogP contribution in [0, 0.1) is 5.92 Å². The summed E-state index contributed by atoms with van der Waals surface area (Å²) in [6, 6.07) is 8.66. The van der Waals surface area contributed by atoms with Crippen molar-refractivity contribution in [2.45, 2.75) is 38.6 Å². The number of halogens is 1. The van der Waals surface area contributed by atoms with Crippen LogP contribution in [0.2, 0.25) is 5.02 Å². The zero-order valence-electron chi connectivity index (χ0n) is 12.7. The van der Waals surface area contributed by atoms with Gasteiger partial charge in [-0.1, -0.05) is 23.7 Å². The van der Waals surface area contributed by atoms with E-state index in [0.29, 0.717) is 6.04 Å². The highest BCUT2D eigenvalue weighted by atomic mass is 35.5. The fraction of sp³-hybridized carbons (Fsp3) is 0.647. The van der Waals surface area contributed by atoms with Crippen molar-refractivity contribution >= 4 is 11.6 Å². The lowest BCUT2D eigenvalue weighted by atomic mass is 9.93. The molecule has 1 N–H and O–H groups in total. The summed E-state index contributed by atoms with van der Waals surface area (Å²) in [5, 5.41) is 4.27. The number of hydrogen-bond acceptors (Lipinski definition) is 2. The molecule has 20 heavy (non-hydrogen) atoms. The smallest absolute Gasteiger partial charge is 0.0409 e. The Labute approximate surface area is 128 Å². The van der Waals surface area contributed by atoms with Gasteiger partial charge in [-0.2, -0.15) is 0 Å². The molecule has 0 amide bonds. The Morgan fingerprint density at radius 1 is 1.35 bits per heavy atom. The Morgan fingerprint density at radius 2 is 2.10 bits per heavy atom. The second-order valence-electron chi connectivity index (χ2n) is 6.05. The molecular formula is C17H27ClN2. The first kappa shape index (κ1) is 15.8. The van der Waals surface area contributed by atoms with Gasteiger partial charge >= 0.3 is 0 Å². The normalized spacial score (nSPS) is 18.4. The molecule has 1 saturated heterocycles. The summed E-state index contributed by atoms with van der Waals surface area (Å²) >= 11 is 6.08. The minimum Gasteiger partial charge on any atom is -0.317 e. The third-order valence-corrected chi connectivity index (χ3v) is 4.81. The molecule has 1 atom stereocenters. The van der Waals surface area contributed by atoms with Gasteiger partial charge in [-0.25, -0.2) is 0 Å². The highest BCUT2D eigenvalue weighted by molar-refractivity contribution is 6.30. The molecule has 2 nitrogen and oxygen atoms in total. The molecule has 0 bridgehead atoms. The highest BCUT2D eigenvalue weighted by Crippen LogP contribution is 2.23. The van der Waals surface area contributed by atoms with E-state index >= 15 is 0 Å². The Hall–Kier alpha value is -0.570. The molecule has 1 aliphatic rings. The van der Waals surface area contributed by atoms with Gasteiger partial charge in [0, 0.05) is 11.1 Å². The number of nitrogens with one attached hydrogen (secondary N) is 1. The molecule has 0 aromatic heterocycles. The molecule has 1 aromatic carbocycles. The summed E-state index contributed by atoms with van der Waals surface area (Å²) < 4.78 is 0. The van der Waals surface area contributed by atoms with Crippen LogP contribution in [0.1, 0.15) is 44.2 Å². The van der Waals surface area contributed by atoms with Gasteiger partial charge in [-0.3, -0.25) is 4.90 Å². The highest BCUT2D eigenvalue weighted by Gasteiger charge is 2.15. The molecule has 2 rings (SSSR count). The van der Waals surface area contributed by atoms with E-state index in [2.05, 4.69) is 36.3 Å². The minimum absolute atomic E-state index is 0.432. The first-order valence-corrected chi connectivity index (χ1v) is 8.21. The largest absolute Gasteiger partial charge is 0.317 e. The lowest BCUT2D eigenvalue weighted by molar-refractivity contribution is 0.241. The van der Waals surface area contributed by atoms with Crippen molar-refractivity contribution in [3.05, 3.63) is 34.9 Å². The van der Waals surface area contributed by atoms with Crippen LogP contribution in [0.25, 0.3) is 0 Å². The molecule has 0 spiro atoms. The summed E-state index contributed by atoms with van der Waals surface area (Å²) in [5.41, 5.74) is 1.31. The van der Waals surface area contributed by atoms with Gasteiger partial charge in [0.25, 0.3) is 0 Å². The maximum absolute atomic E-state index is 6.08. The number of benzene rings is 1. The molecule has 1 heterocycles. The average molecular weight is 295 g/mol. The zero-order valence-corrected chi connectivity index (χ0v) is 13.5. The Morgan fingerprint density at radius 3 is 2.80 bits per heavy atom. The monoisotopic (exact) mass is 294 g/mol. The molecule has 1 aliphatic heterocycles. The van der Waals surface area contributed by atoms with Gasteiger partial charge in [0.2, 0.25) is 0 Å². The summed E-state index contributed by atoms with van der Waals surface area (Å²) in [4.78, 5) is 2.44. The third kappa shape index (κ3) is 4.76. The van der Waals surface area contributed by atoms with Crippen molar-refractivity contribution in [2.24, 2.45) is 5.92 Å². The summed E-state index contributed by atoms with van der Waals surface area (Å²) in [6.45, 7) is 5.84. The first-order chi connectivity index (χ1) is 9.66. The molecule has 3 heteroatoms.